The summed E-state index contributed by atoms with van der Waals surface area (Å²) < 4.78 is 17.6. The van der Waals surface area contributed by atoms with Crippen molar-refractivity contribution in [2.24, 2.45) is 14.1 Å². The lowest BCUT2D eigenvalue weighted by Gasteiger charge is -2.03. The highest BCUT2D eigenvalue weighted by Gasteiger charge is 2.22. The van der Waals surface area contributed by atoms with Crippen LogP contribution in [0.15, 0.2) is 42.5 Å². The van der Waals surface area contributed by atoms with Crippen molar-refractivity contribution in [2.75, 3.05) is 0 Å². The van der Waals surface area contributed by atoms with Gasteiger partial charge in [0, 0.05) is 0 Å². The average molecular weight is 255 g/mol. The molecule has 0 saturated heterocycles. The molecule has 96 valence electrons. The zero-order valence-corrected chi connectivity index (χ0v) is 11.3. The second-order valence-electron chi connectivity index (χ2n) is 4.89. The monoisotopic (exact) mass is 255 g/mol. The highest BCUT2D eigenvalue weighted by Crippen LogP contribution is 2.24. The molecule has 3 heteroatoms. The number of aromatic nitrogens is 2. The third-order valence-corrected chi connectivity index (χ3v) is 3.67. The van der Waals surface area contributed by atoms with Crippen LogP contribution in [0.5, 0.6) is 0 Å². The lowest BCUT2D eigenvalue weighted by Crippen LogP contribution is -2.30. The summed E-state index contributed by atoms with van der Waals surface area (Å²) in [5, 5.41) is 0. The van der Waals surface area contributed by atoms with E-state index in [2.05, 4.69) is 21.3 Å². The molecule has 19 heavy (non-hydrogen) atoms. The molecule has 3 rings (SSSR count). The lowest BCUT2D eigenvalue weighted by atomic mass is 10.1. The van der Waals surface area contributed by atoms with Gasteiger partial charge in [0.2, 0.25) is 0 Å². The minimum absolute atomic E-state index is 0.192. The molecule has 0 fully saturated rings. The molecule has 0 aliphatic heterocycles. The fourth-order valence-electron chi connectivity index (χ4n) is 2.72. The fourth-order valence-corrected chi connectivity index (χ4v) is 2.72. The molecule has 1 heterocycles. The maximum atomic E-state index is 13.3. The van der Waals surface area contributed by atoms with E-state index < -0.39 is 0 Å². The van der Waals surface area contributed by atoms with Crippen LogP contribution in [-0.4, -0.2) is 4.57 Å². The molecule has 0 amide bonds. The van der Waals surface area contributed by atoms with Crippen LogP contribution < -0.4 is 4.57 Å². The topological polar surface area (TPSA) is 8.81 Å². The van der Waals surface area contributed by atoms with Crippen LogP contribution in [0, 0.1) is 12.7 Å². The van der Waals surface area contributed by atoms with Crippen molar-refractivity contribution in [3.05, 3.63) is 53.8 Å². The minimum atomic E-state index is -0.192. The number of halogens is 1. The molecule has 0 unspecified atom stereocenters. The normalized spacial score (nSPS) is 11.2. The van der Waals surface area contributed by atoms with Gasteiger partial charge in [-0.2, -0.15) is 0 Å². The Morgan fingerprint density at radius 3 is 2.53 bits per heavy atom. The summed E-state index contributed by atoms with van der Waals surface area (Å²) in [4.78, 5) is 0. The number of fused-ring (bicyclic) bond motifs is 1. The molecule has 0 aliphatic carbocycles. The summed E-state index contributed by atoms with van der Waals surface area (Å²) in [6.07, 6.45) is 0. The van der Waals surface area contributed by atoms with Gasteiger partial charge in [-0.15, -0.1) is 0 Å². The molecule has 0 N–H and O–H groups in total. The van der Waals surface area contributed by atoms with E-state index in [1.165, 1.54) is 17.1 Å². The third-order valence-electron chi connectivity index (χ3n) is 3.67. The highest BCUT2D eigenvalue weighted by atomic mass is 19.1. The summed E-state index contributed by atoms with van der Waals surface area (Å²) in [7, 11) is 4.08. The van der Waals surface area contributed by atoms with E-state index in [0.29, 0.717) is 0 Å². The van der Waals surface area contributed by atoms with Crippen LogP contribution in [0.2, 0.25) is 0 Å². The van der Waals surface area contributed by atoms with Gasteiger partial charge in [-0.25, -0.2) is 13.5 Å². The van der Waals surface area contributed by atoms with Gasteiger partial charge in [0.05, 0.1) is 19.7 Å². The molecule has 0 atom stereocenters. The smallest absolute Gasteiger partial charge is 0.226 e. The van der Waals surface area contributed by atoms with Gasteiger partial charge in [-0.3, -0.25) is 0 Å². The first-order valence-corrected chi connectivity index (χ1v) is 6.29. The van der Waals surface area contributed by atoms with E-state index in [1.807, 2.05) is 39.2 Å². The van der Waals surface area contributed by atoms with E-state index in [0.717, 1.165) is 17.0 Å². The number of benzene rings is 2. The summed E-state index contributed by atoms with van der Waals surface area (Å²) >= 11 is 0. The van der Waals surface area contributed by atoms with Crippen molar-refractivity contribution in [1.29, 1.82) is 0 Å². The molecule has 0 bridgehead atoms. The first-order chi connectivity index (χ1) is 9.09. The highest BCUT2D eigenvalue weighted by molar-refractivity contribution is 5.76. The zero-order chi connectivity index (χ0) is 13.6. The van der Waals surface area contributed by atoms with Crippen molar-refractivity contribution in [3.63, 3.8) is 0 Å². The Labute approximate surface area is 111 Å². The second-order valence-corrected chi connectivity index (χ2v) is 4.89. The van der Waals surface area contributed by atoms with Gasteiger partial charge in [-0.05, 0) is 42.8 Å². The van der Waals surface area contributed by atoms with E-state index in [-0.39, 0.29) is 5.82 Å². The average Bonchev–Trinajstić information content (AvgIpc) is 2.64. The van der Waals surface area contributed by atoms with Crippen molar-refractivity contribution in [1.82, 2.24) is 4.57 Å². The molecular weight excluding hydrogens is 239 g/mol. The Hall–Kier alpha value is -2.16. The number of imidazole rings is 1. The van der Waals surface area contributed by atoms with Crippen LogP contribution in [0.1, 0.15) is 5.56 Å². The molecular formula is C16H16FN2+. The number of hydrogen-bond donors (Lipinski definition) is 0. The standard InChI is InChI=1S/C16H16FN2/c1-11-10-12(17)8-9-13(11)16-18(2)14-6-4-5-7-15(14)19(16)3/h4-10H,1-3H3/q+1. The molecule has 2 aromatic carbocycles. The molecule has 3 aromatic rings. The molecule has 0 radical (unpaired) electrons. The van der Waals surface area contributed by atoms with Gasteiger partial charge < -0.3 is 0 Å². The summed E-state index contributed by atoms with van der Waals surface area (Å²) in [6.45, 7) is 1.94. The predicted molar refractivity (Wildman–Crippen MR) is 74.2 cm³/mol. The van der Waals surface area contributed by atoms with Crippen molar-refractivity contribution in [3.8, 4) is 11.4 Å². The second kappa shape index (κ2) is 4.19. The number of para-hydroxylation sites is 2. The van der Waals surface area contributed by atoms with E-state index in [1.54, 1.807) is 6.07 Å². The predicted octanol–water partition coefficient (Wildman–Crippen LogP) is 3.12. The van der Waals surface area contributed by atoms with E-state index in [4.69, 9.17) is 0 Å². The van der Waals surface area contributed by atoms with Crippen LogP contribution >= 0.6 is 0 Å². The Morgan fingerprint density at radius 2 is 1.84 bits per heavy atom. The number of hydrogen-bond acceptors (Lipinski definition) is 0. The lowest BCUT2D eigenvalue weighted by molar-refractivity contribution is -0.634. The quantitative estimate of drug-likeness (QED) is 0.591. The SMILES string of the molecule is Cc1cc(F)ccc1-c1n(C)c2ccccc2[n+]1C. The molecule has 1 aromatic heterocycles. The molecule has 2 nitrogen and oxygen atoms in total. The first-order valence-electron chi connectivity index (χ1n) is 6.29. The minimum Gasteiger partial charge on any atom is -0.226 e. The Morgan fingerprint density at radius 1 is 1.11 bits per heavy atom. The number of rotatable bonds is 1. The van der Waals surface area contributed by atoms with Crippen LogP contribution in [0.3, 0.4) is 0 Å². The molecule has 0 spiro atoms. The molecule has 0 aliphatic rings. The maximum Gasteiger partial charge on any atom is 0.289 e. The summed E-state index contributed by atoms with van der Waals surface area (Å²) in [5.74, 6) is 0.890. The van der Waals surface area contributed by atoms with Gasteiger partial charge >= 0.3 is 0 Å². The van der Waals surface area contributed by atoms with Crippen molar-refractivity contribution in [2.45, 2.75) is 6.92 Å². The number of nitrogens with zero attached hydrogens (tertiary/aromatic N) is 2. The van der Waals surface area contributed by atoms with Crippen molar-refractivity contribution < 1.29 is 8.96 Å². The van der Waals surface area contributed by atoms with Crippen molar-refractivity contribution >= 4 is 11.0 Å². The maximum absolute atomic E-state index is 13.3. The van der Waals surface area contributed by atoms with Gasteiger partial charge in [0.25, 0.3) is 5.82 Å². The summed E-state index contributed by atoms with van der Waals surface area (Å²) in [5.41, 5.74) is 4.34. The van der Waals surface area contributed by atoms with Gasteiger partial charge in [-0.1, -0.05) is 12.1 Å². The van der Waals surface area contributed by atoms with Crippen LogP contribution in [0.25, 0.3) is 22.4 Å². The third kappa shape index (κ3) is 1.73. The molecule has 0 saturated carbocycles. The van der Waals surface area contributed by atoms with Gasteiger partial charge in [0.15, 0.2) is 11.0 Å². The zero-order valence-electron chi connectivity index (χ0n) is 11.3. The Kier molecular flexibility index (Phi) is 2.63. The van der Waals surface area contributed by atoms with Crippen LogP contribution in [-0.2, 0) is 14.1 Å². The Balaban J connectivity index is 2.37. The van der Waals surface area contributed by atoms with Gasteiger partial charge in [0.1, 0.15) is 5.82 Å². The van der Waals surface area contributed by atoms with Crippen LogP contribution in [0.4, 0.5) is 4.39 Å². The first kappa shape index (κ1) is 11.9. The Bertz CT molecular complexity index is 733. The van der Waals surface area contributed by atoms with E-state index >= 15 is 0 Å². The van der Waals surface area contributed by atoms with E-state index in [9.17, 15) is 4.39 Å². The fraction of sp³-hybridized carbons (Fsp3) is 0.188. The number of aryl methyl sites for hydroxylation is 3. The largest absolute Gasteiger partial charge is 0.289 e. The summed E-state index contributed by atoms with van der Waals surface area (Å²) in [6, 6.07) is 13.2.